The number of ether oxygens (including phenoxy) is 2. The fourth-order valence-electron chi connectivity index (χ4n) is 2.19. The van der Waals surface area contributed by atoms with Gasteiger partial charge in [-0.3, -0.25) is 4.79 Å². The topological polar surface area (TPSA) is 88.4 Å². The minimum atomic E-state index is -0.548. The van der Waals surface area contributed by atoms with Crippen LogP contribution in [0.15, 0.2) is 52.5 Å². The van der Waals surface area contributed by atoms with Crippen molar-refractivity contribution in [2.24, 2.45) is 0 Å². The molecule has 1 N–H and O–H groups in total. The van der Waals surface area contributed by atoms with Gasteiger partial charge in [-0.2, -0.15) is 5.26 Å². The van der Waals surface area contributed by atoms with E-state index in [0.717, 1.165) is 0 Å². The van der Waals surface area contributed by atoms with Crippen LogP contribution in [0.1, 0.15) is 22.8 Å². The zero-order chi connectivity index (χ0) is 19.8. The molecule has 0 saturated heterocycles. The summed E-state index contributed by atoms with van der Waals surface area (Å²) in [5.41, 5.74) is 1.47. The predicted molar refractivity (Wildman–Crippen MR) is 105 cm³/mol. The van der Waals surface area contributed by atoms with E-state index in [0.29, 0.717) is 27.0 Å². The first-order valence-electron chi connectivity index (χ1n) is 8.02. The molecule has 0 heterocycles. The Morgan fingerprint density at radius 3 is 2.48 bits per heavy atom. The van der Waals surface area contributed by atoms with Crippen LogP contribution in [0.2, 0.25) is 0 Å². The van der Waals surface area contributed by atoms with E-state index in [4.69, 9.17) is 9.47 Å². The molecule has 0 unspecified atom stereocenters. The third-order valence-electron chi connectivity index (χ3n) is 3.51. The summed E-state index contributed by atoms with van der Waals surface area (Å²) in [7, 11) is 1.55. The van der Waals surface area contributed by atoms with Gasteiger partial charge in [0, 0.05) is 5.69 Å². The maximum atomic E-state index is 12.3. The van der Waals surface area contributed by atoms with Gasteiger partial charge in [-0.15, -0.1) is 0 Å². The van der Waals surface area contributed by atoms with Crippen LogP contribution in [0, 0.1) is 11.3 Å². The van der Waals surface area contributed by atoms with E-state index in [-0.39, 0.29) is 12.2 Å². The number of nitrogens with zero attached hydrogens (tertiary/aromatic N) is 1. The van der Waals surface area contributed by atoms with Crippen LogP contribution in [0.4, 0.5) is 5.69 Å². The van der Waals surface area contributed by atoms with Crippen molar-refractivity contribution >= 4 is 39.6 Å². The van der Waals surface area contributed by atoms with Gasteiger partial charge in [0.2, 0.25) is 0 Å². The molecule has 2 aromatic rings. The van der Waals surface area contributed by atoms with E-state index in [9.17, 15) is 14.9 Å². The molecular weight excluding hydrogens is 412 g/mol. The molecule has 0 aromatic heterocycles. The fraction of sp³-hybridized carbons (Fsp3) is 0.150. The van der Waals surface area contributed by atoms with E-state index in [1.807, 2.05) is 6.07 Å². The normalized spacial score (nSPS) is 10.7. The summed E-state index contributed by atoms with van der Waals surface area (Å²) in [5.74, 6) is -0.330. The third-order valence-corrected chi connectivity index (χ3v) is 4.13. The minimum absolute atomic E-state index is 0.0541. The van der Waals surface area contributed by atoms with Crippen molar-refractivity contribution in [3.8, 4) is 11.8 Å². The number of halogens is 1. The number of rotatable bonds is 6. The number of benzene rings is 2. The number of carbonyl (C=O) groups is 2. The van der Waals surface area contributed by atoms with Crippen LogP contribution in [0.5, 0.6) is 5.75 Å². The highest BCUT2D eigenvalue weighted by atomic mass is 79.9. The molecule has 0 aliphatic heterocycles. The van der Waals surface area contributed by atoms with Crippen molar-refractivity contribution in [3.63, 3.8) is 0 Å². The van der Waals surface area contributed by atoms with E-state index in [2.05, 4.69) is 21.2 Å². The summed E-state index contributed by atoms with van der Waals surface area (Å²) in [5, 5.41) is 11.9. The first kappa shape index (κ1) is 20.2. The molecule has 1 amide bonds. The largest absolute Gasteiger partial charge is 0.496 e. The van der Waals surface area contributed by atoms with Gasteiger partial charge in [0.15, 0.2) is 0 Å². The van der Waals surface area contributed by atoms with Gasteiger partial charge in [-0.05, 0) is 70.9 Å². The van der Waals surface area contributed by atoms with Crippen LogP contribution in [0.25, 0.3) is 6.08 Å². The number of nitriles is 1. The number of anilines is 1. The highest BCUT2D eigenvalue weighted by molar-refractivity contribution is 9.10. The summed E-state index contributed by atoms with van der Waals surface area (Å²) >= 11 is 3.36. The van der Waals surface area contributed by atoms with Crippen molar-refractivity contribution in [1.29, 1.82) is 5.26 Å². The van der Waals surface area contributed by atoms with Gasteiger partial charge in [0.25, 0.3) is 5.91 Å². The first-order valence-corrected chi connectivity index (χ1v) is 8.81. The minimum Gasteiger partial charge on any atom is -0.496 e. The Hall–Kier alpha value is -3.11. The molecular formula is C20H17BrN2O4. The van der Waals surface area contributed by atoms with Gasteiger partial charge in [-0.1, -0.05) is 6.07 Å². The second kappa shape index (κ2) is 9.55. The number of amides is 1. The maximum absolute atomic E-state index is 12.3. The monoisotopic (exact) mass is 428 g/mol. The Morgan fingerprint density at radius 1 is 1.22 bits per heavy atom. The highest BCUT2D eigenvalue weighted by Crippen LogP contribution is 2.26. The maximum Gasteiger partial charge on any atom is 0.338 e. The smallest absolute Gasteiger partial charge is 0.338 e. The molecule has 0 aliphatic rings. The lowest BCUT2D eigenvalue weighted by Gasteiger charge is -2.07. The molecule has 138 valence electrons. The average molecular weight is 429 g/mol. The fourth-order valence-corrected chi connectivity index (χ4v) is 2.75. The lowest BCUT2D eigenvalue weighted by Crippen LogP contribution is -2.13. The van der Waals surface area contributed by atoms with E-state index < -0.39 is 11.9 Å². The average Bonchev–Trinajstić information content (AvgIpc) is 2.67. The molecule has 2 aromatic carbocycles. The van der Waals surface area contributed by atoms with Gasteiger partial charge >= 0.3 is 5.97 Å². The molecule has 0 fully saturated rings. The lowest BCUT2D eigenvalue weighted by atomic mass is 10.1. The number of carbonyl (C=O) groups excluding carboxylic acids is 2. The molecule has 0 atom stereocenters. The Morgan fingerprint density at radius 2 is 1.93 bits per heavy atom. The number of methoxy groups -OCH3 is 1. The molecule has 0 radical (unpaired) electrons. The molecule has 6 nitrogen and oxygen atoms in total. The van der Waals surface area contributed by atoms with E-state index in [1.54, 1.807) is 56.5 Å². The second-order valence-corrected chi connectivity index (χ2v) is 6.17. The standard InChI is InChI=1S/C20H17BrN2O4/c1-3-27-20(25)14-5-7-16(8-6-14)23-19(24)15(12-22)10-13-4-9-18(26-2)17(21)11-13/h4-11H,3H2,1-2H3,(H,23,24). The summed E-state index contributed by atoms with van der Waals surface area (Å²) in [6, 6.07) is 13.3. The Bertz CT molecular complexity index is 915. The second-order valence-electron chi connectivity index (χ2n) is 5.32. The molecule has 0 spiro atoms. The summed E-state index contributed by atoms with van der Waals surface area (Å²) in [6.45, 7) is 2.01. The van der Waals surface area contributed by atoms with Crippen LogP contribution in [-0.4, -0.2) is 25.6 Å². The van der Waals surface area contributed by atoms with Gasteiger partial charge in [0.05, 0.1) is 23.8 Å². The van der Waals surface area contributed by atoms with Gasteiger partial charge in [-0.25, -0.2) is 4.79 Å². The number of esters is 1. The summed E-state index contributed by atoms with van der Waals surface area (Å²) in [6.07, 6.45) is 1.48. The molecule has 0 bridgehead atoms. The van der Waals surface area contributed by atoms with Crippen LogP contribution >= 0.6 is 15.9 Å². The van der Waals surface area contributed by atoms with Crippen molar-refractivity contribution in [2.75, 3.05) is 19.0 Å². The number of hydrogen-bond donors (Lipinski definition) is 1. The van der Waals surface area contributed by atoms with Crippen molar-refractivity contribution < 1.29 is 19.1 Å². The van der Waals surface area contributed by atoms with Gasteiger partial charge < -0.3 is 14.8 Å². The lowest BCUT2D eigenvalue weighted by molar-refractivity contribution is -0.112. The van der Waals surface area contributed by atoms with E-state index >= 15 is 0 Å². The summed E-state index contributed by atoms with van der Waals surface area (Å²) < 4.78 is 10.8. The van der Waals surface area contributed by atoms with E-state index in [1.165, 1.54) is 6.08 Å². The Balaban J connectivity index is 2.14. The molecule has 0 saturated carbocycles. The SMILES string of the molecule is CCOC(=O)c1ccc(NC(=O)C(C#N)=Cc2ccc(OC)c(Br)c2)cc1. The van der Waals surface area contributed by atoms with Crippen LogP contribution < -0.4 is 10.1 Å². The number of nitrogens with one attached hydrogen (secondary N) is 1. The Kier molecular flexibility index (Phi) is 7.15. The number of hydrogen-bond acceptors (Lipinski definition) is 5. The molecule has 7 heteroatoms. The van der Waals surface area contributed by atoms with Crippen LogP contribution in [-0.2, 0) is 9.53 Å². The van der Waals surface area contributed by atoms with Crippen molar-refractivity contribution in [1.82, 2.24) is 0 Å². The van der Waals surface area contributed by atoms with Crippen molar-refractivity contribution in [3.05, 3.63) is 63.6 Å². The zero-order valence-electron chi connectivity index (χ0n) is 14.8. The quantitative estimate of drug-likeness (QED) is 0.423. The molecule has 2 rings (SSSR count). The first-order chi connectivity index (χ1) is 13.0. The molecule has 27 heavy (non-hydrogen) atoms. The molecule has 0 aliphatic carbocycles. The third kappa shape index (κ3) is 5.43. The van der Waals surface area contributed by atoms with Gasteiger partial charge in [0.1, 0.15) is 17.4 Å². The Labute approximate surface area is 165 Å². The zero-order valence-corrected chi connectivity index (χ0v) is 16.4. The van der Waals surface area contributed by atoms with Crippen molar-refractivity contribution in [2.45, 2.75) is 6.92 Å². The predicted octanol–water partition coefficient (Wildman–Crippen LogP) is 4.18. The highest BCUT2D eigenvalue weighted by Gasteiger charge is 2.11. The summed E-state index contributed by atoms with van der Waals surface area (Å²) in [4.78, 5) is 24.0. The van der Waals surface area contributed by atoms with Crippen LogP contribution in [0.3, 0.4) is 0 Å².